The topological polar surface area (TPSA) is 41.1 Å². The first-order valence-electron chi connectivity index (χ1n) is 7.45. The van der Waals surface area contributed by atoms with Crippen LogP contribution in [0.5, 0.6) is 0 Å². The van der Waals surface area contributed by atoms with E-state index in [1.54, 1.807) is 0 Å². The molecule has 1 aliphatic heterocycles. The maximum absolute atomic E-state index is 12.7. The fraction of sp³-hybridized carbons (Fsp3) is 0.929. The van der Waals surface area contributed by atoms with Crippen LogP contribution in [-0.2, 0) is 4.79 Å². The summed E-state index contributed by atoms with van der Waals surface area (Å²) in [6.07, 6.45) is -1.98. The number of alkyl halides is 3. The third kappa shape index (κ3) is 3.87. The van der Waals surface area contributed by atoms with Crippen molar-refractivity contribution in [3.05, 3.63) is 0 Å². The number of hydrogen-bond donors (Lipinski definition) is 2. The molecule has 1 heterocycles. The Morgan fingerprint density at radius 1 is 1.30 bits per heavy atom. The van der Waals surface area contributed by atoms with E-state index in [9.17, 15) is 18.0 Å². The second kappa shape index (κ2) is 6.33. The molecular formula is C14H23F3N2O. The largest absolute Gasteiger partial charge is 0.391 e. The Kier molecular flexibility index (Phi) is 4.94. The van der Waals surface area contributed by atoms with Gasteiger partial charge in [-0.3, -0.25) is 4.79 Å². The second-order valence-electron chi connectivity index (χ2n) is 6.15. The van der Waals surface area contributed by atoms with E-state index in [-0.39, 0.29) is 24.8 Å². The quantitative estimate of drug-likeness (QED) is 0.839. The molecule has 1 aliphatic carbocycles. The highest BCUT2D eigenvalue weighted by Crippen LogP contribution is 2.40. The summed E-state index contributed by atoms with van der Waals surface area (Å²) in [5.74, 6) is -1.60. The van der Waals surface area contributed by atoms with Crippen molar-refractivity contribution < 1.29 is 18.0 Å². The standard InChI is InChI=1S/C14H23F3N2O/c1-9(11-5-6-18-8-11)19-13(20)10-3-2-4-12(7-10)14(15,16)17/h9-12,18H,2-8H2,1H3,(H,19,20). The number of nitrogens with one attached hydrogen (secondary N) is 2. The van der Waals surface area contributed by atoms with Crippen molar-refractivity contribution in [3.63, 3.8) is 0 Å². The van der Waals surface area contributed by atoms with Crippen molar-refractivity contribution in [3.8, 4) is 0 Å². The summed E-state index contributed by atoms with van der Waals surface area (Å²) >= 11 is 0. The molecular weight excluding hydrogens is 269 g/mol. The maximum atomic E-state index is 12.7. The van der Waals surface area contributed by atoms with Gasteiger partial charge in [0.15, 0.2) is 0 Å². The zero-order valence-electron chi connectivity index (χ0n) is 11.8. The van der Waals surface area contributed by atoms with Gasteiger partial charge in [-0.05, 0) is 51.6 Å². The molecule has 6 heteroatoms. The molecule has 2 fully saturated rings. The fourth-order valence-corrected chi connectivity index (χ4v) is 3.29. The molecule has 0 spiro atoms. The van der Waals surface area contributed by atoms with E-state index in [0.717, 1.165) is 19.5 Å². The van der Waals surface area contributed by atoms with Gasteiger partial charge in [-0.1, -0.05) is 6.42 Å². The van der Waals surface area contributed by atoms with Crippen molar-refractivity contribution >= 4 is 5.91 Å². The number of hydrogen-bond acceptors (Lipinski definition) is 2. The Bertz CT molecular complexity index is 340. The summed E-state index contributed by atoms with van der Waals surface area (Å²) in [4.78, 5) is 12.1. The molecule has 2 N–H and O–H groups in total. The molecule has 20 heavy (non-hydrogen) atoms. The minimum atomic E-state index is -4.17. The molecule has 0 aromatic rings. The highest BCUT2D eigenvalue weighted by molar-refractivity contribution is 5.79. The normalized spacial score (nSPS) is 32.9. The van der Waals surface area contributed by atoms with Gasteiger partial charge in [0.05, 0.1) is 5.92 Å². The molecule has 1 amide bonds. The molecule has 2 aliphatic rings. The fourth-order valence-electron chi connectivity index (χ4n) is 3.29. The first-order valence-corrected chi connectivity index (χ1v) is 7.45. The van der Waals surface area contributed by atoms with Crippen LogP contribution < -0.4 is 10.6 Å². The molecule has 1 saturated carbocycles. The smallest absolute Gasteiger partial charge is 0.353 e. The Hall–Kier alpha value is -0.780. The van der Waals surface area contributed by atoms with Gasteiger partial charge < -0.3 is 10.6 Å². The van der Waals surface area contributed by atoms with Gasteiger partial charge in [0.25, 0.3) is 0 Å². The molecule has 4 atom stereocenters. The summed E-state index contributed by atoms with van der Waals surface area (Å²) in [6.45, 7) is 3.77. The van der Waals surface area contributed by atoms with Crippen LogP contribution in [0, 0.1) is 17.8 Å². The molecule has 0 bridgehead atoms. The van der Waals surface area contributed by atoms with Crippen molar-refractivity contribution in [1.82, 2.24) is 10.6 Å². The lowest BCUT2D eigenvalue weighted by atomic mass is 9.80. The molecule has 4 unspecified atom stereocenters. The van der Waals surface area contributed by atoms with Gasteiger partial charge in [-0.2, -0.15) is 13.2 Å². The Morgan fingerprint density at radius 3 is 2.65 bits per heavy atom. The molecule has 3 nitrogen and oxygen atoms in total. The molecule has 1 saturated heterocycles. The number of amides is 1. The Morgan fingerprint density at radius 2 is 2.05 bits per heavy atom. The van der Waals surface area contributed by atoms with Crippen LogP contribution in [0.3, 0.4) is 0 Å². The van der Waals surface area contributed by atoms with Crippen molar-refractivity contribution in [1.29, 1.82) is 0 Å². The lowest BCUT2D eigenvalue weighted by Crippen LogP contribution is -2.44. The van der Waals surface area contributed by atoms with E-state index in [0.29, 0.717) is 18.8 Å². The second-order valence-corrected chi connectivity index (χ2v) is 6.15. The highest BCUT2D eigenvalue weighted by atomic mass is 19.4. The summed E-state index contributed by atoms with van der Waals surface area (Å²) in [5, 5.41) is 6.15. The van der Waals surface area contributed by atoms with Crippen LogP contribution in [0.4, 0.5) is 13.2 Å². The van der Waals surface area contributed by atoms with E-state index in [1.165, 1.54) is 0 Å². The predicted molar refractivity (Wildman–Crippen MR) is 70.1 cm³/mol. The van der Waals surface area contributed by atoms with Crippen molar-refractivity contribution in [2.45, 2.75) is 51.2 Å². The first kappa shape index (κ1) is 15.6. The highest BCUT2D eigenvalue weighted by Gasteiger charge is 2.43. The summed E-state index contributed by atoms with van der Waals surface area (Å²) in [6, 6.07) is 0.0313. The van der Waals surface area contributed by atoms with Crippen LogP contribution >= 0.6 is 0 Å². The summed E-state index contributed by atoms with van der Waals surface area (Å²) < 4.78 is 38.2. The minimum Gasteiger partial charge on any atom is -0.353 e. The van der Waals surface area contributed by atoms with Gasteiger partial charge in [0.2, 0.25) is 5.91 Å². The van der Waals surface area contributed by atoms with E-state index >= 15 is 0 Å². The third-order valence-corrected chi connectivity index (χ3v) is 4.68. The van der Waals surface area contributed by atoms with Crippen molar-refractivity contribution in [2.24, 2.45) is 17.8 Å². The molecule has 0 aromatic heterocycles. The average molecular weight is 292 g/mol. The molecule has 0 aromatic carbocycles. The van der Waals surface area contributed by atoms with Crippen LogP contribution in [0.1, 0.15) is 39.0 Å². The lowest BCUT2D eigenvalue weighted by molar-refractivity contribution is -0.186. The van der Waals surface area contributed by atoms with Gasteiger partial charge in [-0.25, -0.2) is 0 Å². The predicted octanol–water partition coefficient (Wildman–Crippen LogP) is 2.47. The minimum absolute atomic E-state index is 0.0313. The molecule has 2 rings (SSSR count). The van der Waals surface area contributed by atoms with Gasteiger partial charge >= 0.3 is 6.18 Å². The SMILES string of the molecule is CC(NC(=O)C1CCCC(C(F)(F)F)C1)C1CCNC1. The lowest BCUT2D eigenvalue weighted by Gasteiger charge is -2.31. The summed E-state index contributed by atoms with van der Waals surface area (Å²) in [5.41, 5.74) is 0. The Labute approximate surface area is 117 Å². The van der Waals surface area contributed by atoms with Gasteiger partial charge in [0, 0.05) is 12.0 Å². The van der Waals surface area contributed by atoms with Gasteiger partial charge in [-0.15, -0.1) is 0 Å². The first-order chi connectivity index (χ1) is 9.38. The average Bonchev–Trinajstić information content (AvgIpc) is 2.91. The third-order valence-electron chi connectivity index (χ3n) is 4.68. The number of halogens is 3. The van der Waals surface area contributed by atoms with Crippen LogP contribution in [0.2, 0.25) is 0 Å². The van der Waals surface area contributed by atoms with E-state index in [4.69, 9.17) is 0 Å². The zero-order valence-corrected chi connectivity index (χ0v) is 11.8. The van der Waals surface area contributed by atoms with E-state index in [2.05, 4.69) is 10.6 Å². The van der Waals surface area contributed by atoms with Crippen LogP contribution in [0.15, 0.2) is 0 Å². The summed E-state index contributed by atoms with van der Waals surface area (Å²) in [7, 11) is 0. The van der Waals surface area contributed by atoms with Gasteiger partial charge in [0.1, 0.15) is 0 Å². The zero-order chi connectivity index (χ0) is 14.8. The van der Waals surface area contributed by atoms with E-state index in [1.807, 2.05) is 6.92 Å². The number of carbonyl (C=O) groups is 1. The monoisotopic (exact) mass is 292 g/mol. The van der Waals surface area contributed by atoms with Crippen molar-refractivity contribution in [2.75, 3.05) is 13.1 Å². The van der Waals surface area contributed by atoms with Crippen LogP contribution in [-0.4, -0.2) is 31.2 Å². The van der Waals surface area contributed by atoms with E-state index < -0.39 is 18.0 Å². The molecule has 116 valence electrons. The Balaban J connectivity index is 1.85. The maximum Gasteiger partial charge on any atom is 0.391 e. The number of rotatable bonds is 3. The number of carbonyl (C=O) groups excluding carboxylic acids is 1. The van der Waals surface area contributed by atoms with Crippen LogP contribution in [0.25, 0.3) is 0 Å². The molecule has 0 radical (unpaired) electrons.